The van der Waals surface area contributed by atoms with Gasteiger partial charge in [-0.15, -0.1) is 0 Å². The lowest BCUT2D eigenvalue weighted by Crippen LogP contribution is -2.36. The van der Waals surface area contributed by atoms with Gasteiger partial charge < -0.3 is 5.32 Å². The van der Waals surface area contributed by atoms with Gasteiger partial charge in [-0.1, -0.05) is 38.0 Å². The maximum absolute atomic E-state index is 4.42. The van der Waals surface area contributed by atoms with Crippen LogP contribution in [0.1, 0.15) is 38.2 Å². The lowest BCUT2D eigenvalue weighted by molar-refractivity contribution is 0.279. The topological polar surface area (TPSA) is 24.9 Å². The molecule has 0 aliphatic heterocycles. The minimum atomic E-state index is 0.681. The molecule has 0 radical (unpaired) electrons. The van der Waals surface area contributed by atoms with Gasteiger partial charge >= 0.3 is 0 Å². The van der Waals surface area contributed by atoms with Crippen LogP contribution in [0.5, 0.6) is 0 Å². The van der Waals surface area contributed by atoms with Gasteiger partial charge in [0.1, 0.15) is 0 Å². The van der Waals surface area contributed by atoms with E-state index >= 15 is 0 Å². The molecule has 0 spiro atoms. The highest BCUT2D eigenvalue weighted by atomic mass is 14.9. The number of benzene rings is 1. The third-order valence-electron chi connectivity index (χ3n) is 4.41. The Bertz CT molecular complexity index is 544. The van der Waals surface area contributed by atoms with Crippen molar-refractivity contribution in [2.45, 2.75) is 45.2 Å². The van der Waals surface area contributed by atoms with Crippen LogP contribution in [0, 0.1) is 5.92 Å². The number of hydrogen-bond acceptors (Lipinski definition) is 2. The summed E-state index contributed by atoms with van der Waals surface area (Å²) in [7, 11) is 0. The second-order valence-corrected chi connectivity index (χ2v) is 5.74. The molecule has 0 saturated heterocycles. The van der Waals surface area contributed by atoms with Crippen LogP contribution in [0.4, 0.5) is 0 Å². The number of rotatable bonds is 3. The molecule has 0 bridgehead atoms. The standard InChI is InChI=1S/C17H22N2/c1-13-6-2-4-8-16(13)19-12-14-10-11-18-17-9-5-3-7-15(14)17/h3,5,7,9-11,13,16,19H,2,4,6,8,12H2,1H3. The van der Waals surface area contributed by atoms with Crippen molar-refractivity contribution in [1.82, 2.24) is 10.3 Å². The van der Waals surface area contributed by atoms with Crippen LogP contribution in [0.3, 0.4) is 0 Å². The highest BCUT2D eigenvalue weighted by Crippen LogP contribution is 2.24. The van der Waals surface area contributed by atoms with Crippen LogP contribution in [0.2, 0.25) is 0 Å². The lowest BCUT2D eigenvalue weighted by Gasteiger charge is -2.29. The van der Waals surface area contributed by atoms with Crippen molar-refractivity contribution in [1.29, 1.82) is 0 Å². The summed E-state index contributed by atoms with van der Waals surface area (Å²) in [5.74, 6) is 0.807. The Labute approximate surface area is 115 Å². The molecule has 2 unspecified atom stereocenters. The predicted molar refractivity (Wildman–Crippen MR) is 80.0 cm³/mol. The van der Waals surface area contributed by atoms with Crippen molar-refractivity contribution in [3.8, 4) is 0 Å². The van der Waals surface area contributed by atoms with E-state index in [1.807, 2.05) is 6.20 Å². The Morgan fingerprint density at radius 2 is 2.00 bits per heavy atom. The first-order valence-corrected chi connectivity index (χ1v) is 7.40. The molecule has 3 rings (SSSR count). The van der Waals surface area contributed by atoms with E-state index in [1.54, 1.807) is 0 Å². The maximum atomic E-state index is 4.42. The molecule has 1 fully saturated rings. The minimum absolute atomic E-state index is 0.681. The number of hydrogen-bond donors (Lipinski definition) is 1. The second kappa shape index (κ2) is 5.70. The first kappa shape index (κ1) is 12.6. The van der Waals surface area contributed by atoms with Gasteiger partial charge in [-0.05, 0) is 36.5 Å². The van der Waals surface area contributed by atoms with E-state index in [4.69, 9.17) is 0 Å². The van der Waals surface area contributed by atoms with Gasteiger partial charge in [0.25, 0.3) is 0 Å². The number of fused-ring (bicyclic) bond motifs is 1. The molecular weight excluding hydrogens is 232 g/mol. The molecule has 2 nitrogen and oxygen atoms in total. The Balaban J connectivity index is 1.74. The zero-order chi connectivity index (χ0) is 13.1. The normalized spacial score (nSPS) is 23.6. The van der Waals surface area contributed by atoms with Crippen LogP contribution in [-0.2, 0) is 6.54 Å². The van der Waals surface area contributed by atoms with Gasteiger partial charge in [0.05, 0.1) is 5.52 Å². The summed E-state index contributed by atoms with van der Waals surface area (Å²) in [4.78, 5) is 4.42. The average Bonchev–Trinajstić information content (AvgIpc) is 2.46. The van der Waals surface area contributed by atoms with E-state index in [1.165, 1.54) is 36.6 Å². The summed E-state index contributed by atoms with van der Waals surface area (Å²) in [5.41, 5.74) is 2.46. The molecule has 1 aromatic carbocycles. The van der Waals surface area contributed by atoms with Crippen molar-refractivity contribution in [2.24, 2.45) is 5.92 Å². The third-order valence-corrected chi connectivity index (χ3v) is 4.41. The van der Waals surface area contributed by atoms with Crippen molar-refractivity contribution >= 4 is 10.9 Å². The summed E-state index contributed by atoms with van der Waals surface area (Å²) in [6.07, 6.45) is 7.39. The molecule has 19 heavy (non-hydrogen) atoms. The molecule has 2 atom stereocenters. The fraction of sp³-hybridized carbons (Fsp3) is 0.471. The van der Waals surface area contributed by atoms with Crippen LogP contribution in [0.15, 0.2) is 36.5 Å². The highest BCUT2D eigenvalue weighted by molar-refractivity contribution is 5.81. The number of aromatic nitrogens is 1. The van der Waals surface area contributed by atoms with E-state index in [-0.39, 0.29) is 0 Å². The molecule has 1 saturated carbocycles. The van der Waals surface area contributed by atoms with E-state index < -0.39 is 0 Å². The number of nitrogens with one attached hydrogen (secondary N) is 1. The number of nitrogens with zero attached hydrogens (tertiary/aromatic N) is 1. The van der Waals surface area contributed by atoms with Gasteiger partial charge in [0.15, 0.2) is 0 Å². The SMILES string of the molecule is CC1CCCCC1NCc1ccnc2ccccc12. The average molecular weight is 254 g/mol. The summed E-state index contributed by atoms with van der Waals surface area (Å²) in [6.45, 7) is 3.33. The van der Waals surface area contributed by atoms with Crippen LogP contribution in [0.25, 0.3) is 10.9 Å². The predicted octanol–water partition coefficient (Wildman–Crippen LogP) is 3.90. The first-order chi connectivity index (χ1) is 9.34. The quantitative estimate of drug-likeness (QED) is 0.898. The molecule has 1 N–H and O–H groups in total. The van der Waals surface area contributed by atoms with Crippen LogP contribution in [-0.4, -0.2) is 11.0 Å². The largest absolute Gasteiger partial charge is 0.310 e. The zero-order valence-electron chi connectivity index (χ0n) is 11.6. The van der Waals surface area contributed by atoms with E-state index in [0.717, 1.165) is 18.0 Å². The monoisotopic (exact) mass is 254 g/mol. The maximum Gasteiger partial charge on any atom is 0.0705 e. The number of pyridine rings is 1. The Hall–Kier alpha value is -1.41. The van der Waals surface area contributed by atoms with Gasteiger partial charge in [-0.2, -0.15) is 0 Å². The summed E-state index contributed by atoms with van der Waals surface area (Å²) in [6, 6.07) is 11.2. The van der Waals surface area contributed by atoms with Gasteiger partial charge in [-0.25, -0.2) is 0 Å². The Morgan fingerprint density at radius 1 is 1.16 bits per heavy atom. The van der Waals surface area contributed by atoms with Crippen molar-refractivity contribution in [2.75, 3.05) is 0 Å². The van der Waals surface area contributed by atoms with Crippen molar-refractivity contribution < 1.29 is 0 Å². The van der Waals surface area contributed by atoms with Crippen molar-refractivity contribution in [3.63, 3.8) is 0 Å². The fourth-order valence-electron chi connectivity index (χ4n) is 3.17. The zero-order valence-corrected chi connectivity index (χ0v) is 11.6. The summed E-state index contributed by atoms with van der Waals surface area (Å²) in [5, 5.41) is 5.03. The van der Waals surface area contributed by atoms with Crippen LogP contribution >= 0.6 is 0 Å². The highest BCUT2D eigenvalue weighted by Gasteiger charge is 2.20. The van der Waals surface area contributed by atoms with Gasteiger partial charge in [0.2, 0.25) is 0 Å². The number of para-hydroxylation sites is 1. The second-order valence-electron chi connectivity index (χ2n) is 5.74. The van der Waals surface area contributed by atoms with Gasteiger partial charge in [0, 0.05) is 24.2 Å². The smallest absolute Gasteiger partial charge is 0.0705 e. The summed E-state index contributed by atoms with van der Waals surface area (Å²) >= 11 is 0. The molecule has 2 aromatic rings. The van der Waals surface area contributed by atoms with E-state index in [0.29, 0.717) is 6.04 Å². The minimum Gasteiger partial charge on any atom is -0.310 e. The lowest BCUT2D eigenvalue weighted by atomic mass is 9.86. The van der Waals surface area contributed by atoms with Crippen molar-refractivity contribution in [3.05, 3.63) is 42.1 Å². The fourth-order valence-corrected chi connectivity index (χ4v) is 3.17. The molecular formula is C17H22N2. The van der Waals surface area contributed by atoms with E-state index in [2.05, 4.69) is 47.6 Å². The molecule has 1 aliphatic carbocycles. The first-order valence-electron chi connectivity index (χ1n) is 7.40. The molecule has 1 aromatic heterocycles. The summed E-state index contributed by atoms with van der Waals surface area (Å²) < 4.78 is 0. The molecule has 0 amide bonds. The Morgan fingerprint density at radius 3 is 2.89 bits per heavy atom. The molecule has 100 valence electrons. The van der Waals surface area contributed by atoms with Gasteiger partial charge in [-0.3, -0.25) is 4.98 Å². The Kier molecular flexibility index (Phi) is 3.79. The molecule has 2 heteroatoms. The third kappa shape index (κ3) is 2.79. The van der Waals surface area contributed by atoms with E-state index in [9.17, 15) is 0 Å². The molecule has 1 heterocycles. The molecule has 1 aliphatic rings. The van der Waals surface area contributed by atoms with Crippen LogP contribution < -0.4 is 5.32 Å².